The van der Waals surface area contributed by atoms with Crippen LogP contribution < -0.4 is 0 Å². The van der Waals surface area contributed by atoms with Crippen molar-refractivity contribution in [2.75, 3.05) is 0 Å². The van der Waals surface area contributed by atoms with E-state index < -0.39 is 0 Å². The smallest absolute Gasteiger partial charge is 0.0375 e. The van der Waals surface area contributed by atoms with E-state index in [1.54, 1.807) is 12.1 Å². The fourth-order valence-corrected chi connectivity index (χ4v) is 4.30. The highest BCUT2D eigenvalue weighted by molar-refractivity contribution is 6.57. The first-order chi connectivity index (χ1) is 4.81. The molecule has 1 unspecified atom stereocenters. The van der Waals surface area contributed by atoms with Crippen LogP contribution in [0.5, 0.6) is 0 Å². The number of hydrogen-bond donors (Lipinski definition) is 0. The van der Waals surface area contributed by atoms with Gasteiger partial charge in [-0.15, -0.1) is 6.58 Å². The molecule has 0 aromatic rings. The van der Waals surface area contributed by atoms with Crippen LogP contribution in [-0.2, 0) is 0 Å². The van der Waals surface area contributed by atoms with Crippen LogP contribution in [0.25, 0.3) is 0 Å². The molecule has 68 valence electrons. The zero-order chi connectivity index (χ0) is 7.82. The monoisotopic (exact) mass is 188 g/mol. The van der Waals surface area contributed by atoms with Crippen molar-refractivity contribution < 1.29 is 0 Å². The highest BCUT2D eigenvalue weighted by atomic mass is 28.3. The molecule has 0 aliphatic heterocycles. The van der Waals surface area contributed by atoms with E-state index in [1.165, 1.54) is 12.5 Å². The van der Waals surface area contributed by atoms with Gasteiger partial charge in [0.25, 0.3) is 0 Å². The van der Waals surface area contributed by atoms with Gasteiger partial charge in [-0.1, -0.05) is 45.1 Å². The molecule has 0 amide bonds. The summed E-state index contributed by atoms with van der Waals surface area (Å²) in [6.45, 7) is 8.63. The lowest BCUT2D eigenvalue weighted by Gasteiger charge is -2.04. The van der Waals surface area contributed by atoms with Gasteiger partial charge in [0.2, 0.25) is 0 Å². The lowest BCUT2D eigenvalue weighted by molar-refractivity contribution is 1.05. The van der Waals surface area contributed by atoms with Gasteiger partial charge in [0.1, 0.15) is 0 Å². The Balaban J connectivity index is 0. The van der Waals surface area contributed by atoms with Crippen molar-refractivity contribution in [2.24, 2.45) is 0 Å². The van der Waals surface area contributed by atoms with Crippen molar-refractivity contribution in [2.45, 2.75) is 45.1 Å². The van der Waals surface area contributed by atoms with Gasteiger partial charge in [0, 0.05) is 18.3 Å². The van der Waals surface area contributed by atoms with E-state index in [-0.39, 0.29) is 16.2 Å². The molecular weight excluding hydrogens is 164 g/mol. The fourth-order valence-electron chi connectivity index (χ4n) is 1.15. The Kier molecular flexibility index (Phi) is 12.7. The van der Waals surface area contributed by atoms with E-state index in [0.717, 1.165) is 0 Å². The van der Waals surface area contributed by atoms with E-state index in [9.17, 15) is 0 Å². The molecule has 11 heavy (non-hydrogen) atoms. The van der Waals surface area contributed by atoms with Gasteiger partial charge in [0.15, 0.2) is 0 Å². The Hall–Kier alpha value is 0.174. The van der Waals surface area contributed by atoms with Crippen molar-refractivity contribution in [1.29, 1.82) is 0 Å². The van der Waals surface area contributed by atoms with Crippen LogP contribution in [0.1, 0.15) is 13.8 Å². The molecule has 0 nitrogen and oxygen atoms in total. The minimum atomic E-state index is -0.330. The summed E-state index contributed by atoms with van der Waals surface area (Å²) in [5, 5.41) is 0. The summed E-state index contributed by atoms with van der Waals surface area (Å²) in [5.41, 5.74) is 0. The van der Waals surface area contributed by atoms with Gasteiger partial charge in [-0.25, -0.2) is 0 Å². The van der Waals surface area contributed by atoms with Crippen LogP contribution in [0, 0.1) is 0 Å². The Bertz CT molecular complexity index is 81.6. The molecule has 0 aromatic carbocycles. The fraction of sp³-hybridized carbons (Fsp3) is 0.778. The van der Waals surface area contributed by atoms with Crippen LogP contribution in [0.2, 0.25) is 31.2 Å². The molecule has 0 radical (unpaired) electrons. The molecule has 0 saturated heterocycles. The first-order valence-corrected chi connectivity index (χ1v) is 9.62. The Labute approximate surface area is 76.5 Å². The molecule has 0 saturated carbocycles. The number of hydrogen-bond acceptors (Lipinski definition) is 0. The summed E-state index contributed by atoms with van der Waals surface area (Å²) in [4.78, 5) is 0. The van der Waals surface area contributed by atoms with E-state index >= 15 is 0 Å². The third-order valence-electron chi connectivity index (χ3n) is 1.87. The van der Waals surface area contributed by atoms with Crippen LogP contribution in [-0.4, -0.2) is 18.3 Å². The van der Waals surface area contributed by atoms with Crippen molar-refractivity contribution in [3.05, 3.63) is 12.7 Å². The maximum atomic E-state index is 3.77. The highest BCUT2D eigenvalue weighted by Gasteiger charge is 1.99. The largest absolute Gasteiger partial charge is 0.103 e. The van der Waals surface area contributed by atoms with Crippen molar-refractivity contribution in [1.82, 2.24) is 0 Å². The maximum absolute atomic E-state index is 3.77. The number of allylic oxidation sites excluding steroid dienone is 1. The first-order valence-electron chi connectivity index (χ1n) is 4.42. The van der Waals surface area contributed by atoms with Crippen molar-refractivity contribution >= 4 is 18.3 Å². The molecular formula is C9H24Si2. The first kappa shape index (κ1) is 13.7. The van der Waals surface area contributed by atoms with Crippen molar-refractivity contribution in [3.8, 4) is 0 Å². The molecule has 0 bridgehead atoms. The second-order valence-corrected chi connectivity index (χ2v) is 8.09. The quantitative estimate of drug-likeness (QED) is 0.342. The van der Waals surface area contributed by atoms with Gasteiger partial charge in [-0.05, 0) is 6.04 Å². The molecule has 0 rings (SSSR count). The second kappa shape index (κ2) is 10.2. The summed E-state index contributed by atoms with van der Waals surface area (Å²) in [5.74, 6) is 0. The van der Waals surface area contributed by atoms with Gasteiger partial charge in [0.05, 0.1) is 0 Å². The molecule has 0 aromatic heterocycles. The normalized spacial score (nSPS) is 12.9. The molecule has 0 heterocycles. The predicted molar refractivity (Wildman–Crippen MR) is 63.4 cm³/mol. The van der Waals surface area contributed by atoms with Gasteiger partial charge in [-0.2, -0.15) is 0 Å². The zero-order valence-corrected chi connectivity index (χ0v) is 9.97. The Morgan fingerprint density at radius 3 is 2.64 bits per heavy atom. The zero-order valence-electron chi connectivity index (χ0n) is 7.40. The molecule has 0 aliphatic rings. The molecule has 1 atom stereocenters. The van der Waals surface area contributed by atoms with Crippen LogP contribution in [0.3, 0.4) is 0 Å². The summed E-state index contributed by atoms with van der Waals surface area (Å²) >= 11 is 0. The third kappa shape index (κ3) is 10.2. The van der Waals surface area contributed by atoms with E-state index in [2.05, 4.69) is 25.7 Å². The summed E-state index contributed by atoms with van der Waals surface area (Å²) in [6, 6.07) is 4.45. The Morgan fingerprint density at radius 1 is 1.55 bits per heavy atom. The van der Waals surface area contributed by atoms with Gasteiger partial charge in [-0.3, -0.25) is 0 Å². The molecule has 0 fully saturated rings. The van der Waals surface area contributed by atoms with Crippen LogP contribution in [0.4, 0.5) is 0 Å². The van der Waals surface area contributed by atoms with Crippen LogP contribution in [0.15, 0.2) is 12.7 Å². The van der Waals surface area contributed by atoms with Gasteiger partial charge < -0.3 is 0 Å². The number of rotatable bonds is 6. The average molecular weight is 188 g/mol. The Morgan fingerprint density at radius 2 is 2.18 bits per heavy atom. The average Bonchev–Trinajstić information content (AvgIpc) is 1.89. The van der Waals surface area contributed by atoms with Crippen molar-refractivity contribution in [3.63, 3.8) is 0 Å². The van der Waals surface area contributed by atoms with E-state index in [0.29, 0.717) is 9.52 Å². The van der Waals surface area contributed by atoms with E-state index in [4.69, 9.17) is 0 Å². The SMILES string of the molecule is C.C=CC[SiH](C)CCC[SiH2]C. The van der Waals surface area contributed by atoms with Crippen LogP contribution >= 0.6 is 0 Å². The lowest BCUT2D eigenvalue weighted by Crippen LogP contribution is -2.03. The third-order valence-corrected chi connectivity index (χ3v) is 5.61. The summed E-state index contributed by atoms with van der Waals surface area (Å²) < 4.78 is 0. The van der Waals surface area contributed by atoms with Gasteiger partial charge >= 0.3 is 0 Å². The summed E-state index contributed by atoms with van der Waals surface area (Å²) in [7, 11) is 0.0239. The predicted octanol–water partition coefficient (Wildman–Crippen LogP) is 2.69. The standard InChI is InChI=1S/C8H20Si2.CH4/c1-4-7-10(3)8-5-6-9-2;/h4,10H,1,5-9H2,2-3H3;1H4. The molecule has 0 N–H and O–H groups in total. The maximum Gasteiger partial charge on any atom is 0.0375 e. The highest BCUT2D eigenvalue weighted by Crippen LogP contribution is 2.05. The molecule has 0 spiro atoms. The molecule has 0 aliphatic carbocycles. The minimum Gasteiger partial charge on any atom is -0.103 e. The second-order valence-electron chi connectivity index (χ2n) is 3.13. The van der Waals surface area contributed by atoms with E-state index in [1.807, 2.05) is 0 Å². The minimum absolute atomic E-state index is 0. The lowest BCUT2D eigenvalue weighted by atomic mass is 10.6. The topological polar surface area (TPSA) is 0 Å². The molecule has 2 heteroatoms. The summed E-state index contributed by atoms with van der Waals surface area (Å²) in [6.07, 6.45) is 3.62.